The molecule has 6 nitrogen and oxygen atoms in total. The Morgan fingerprint density at radius 3 is 2.76 bits per heavy atom. The second kappa shape index (κ2) is 6.23. The molecule has 1 aromatic heterocycles. The third kappa shape index (κ3) is 2.95. The minimum atomic E-state index is -0.801. The molecule has 0 saturated carbocycles. The predicted molar refractivity (Wildman–Crippen MR) is 74.3 cm³/mol. The molecule has 21 heavy (non-hydrogen) atoms. The van der Waals surface area contributed by atoms with E-state index in [9.17, 15) is 14.7 Å². The first-order valence-corrected chi connectivity index (χ1v) is 6.14. The summed E-state index contributed by atoms with van der Waals surface area (Å²) in [6.07, 6.45) is 1.86. The molecule has 0 bridgehead atoms. The molecule has 0 fully saturated rings. The van der Waals surface area contributed by atoms with E-state index in [1.54, 1.807) is 12.1 Å². The molecule has 0 saturated heterocycles. The molecule has 1 N–H and O–H groups in total. The van der Waals surface area contributed by atoms with Crippen molar-refractivity contribution in [2.75, 3.05) is 7.11 Å². The molecule has 0 atom stereocenters. The van der Waals surface area contributed by atoms with Crippen LogP contribution in [0.4, 0.5) is 0 Å². The maximum Gasteiger partial charge on any atom is 0.362 e. The molecule has 2 aromatic rings. The number of hydrogen-bond donors (Lipinski definition) is 1. The van der Waals surface area contributed by atoms with Crippen LogP contribution in [0, 0.1) is 0 Å². The van der Waals surface area contributed by atoms with Gasteiger partial charge in [-0.1, -0.05) is 17.7 Å². The van der Waals surface area contributed by atoms with Crippen molar-refractivity contribution in [1.82, 2.24) is 4.98 Å². The number of pyridine rings is 1. The summed E-state index contributed by atoms with van der Waals surface area (Å²) in [5, 5.41) is 9.51. The average molecular weight is 308 g/mol. The highest BCUT2D eigenvalue weighted by atomic mass is 35.5. The average Bonchev–Trinajstić information content (AvgIpc) is 2.53. The molecule has 0 unspecified atom stereocenters. The van der Waals surface area contributed by atoms with Gasteiger partial charge in [-0.2, -0.15) is 0 Å². The van der Waals surface area contributed by atoms with Gasteiger partial charge in [-0.15, -0.1) is 0 Å². The van der Waals surface area contributed by atoms with Crippen molar-refractivity contribution < 1.29 is 24.2 Å². The fourth-order valence-corrected chi connectivity index (χ4v) is 1.83. The van der Waals surface area contributed by atoms with Crippen LogP contribution >= 0.6 is 11.6 Å². The smallest absolute Gasteiger partial charge is 0.362 e. The second-order valence-electron chi connectivity index (χ2n) is 3.88. The van der Waals surface area contributed by atoms with E-state index < -0.39 is 11.7 Å². The number of aromatic nitrogens is 1. The minimum Gasteiger partial charge on any atom is -0.503 e. The van der Waals surface area contributed by atoms with E-state index in [4.69, 9.17) is 21.1 Å². The van der Waals surface area contributed by atoms with Gasteiger partial charge in [0.1, 0.15) is 10.7 Å². The number of carbonyl (C=O) groups is 2. The van der Waals surface area contributed by atoms with Crippen molar-refractivity contribution in [2.24, 2.45) is 0 Å². The van der Waals surface area contributed by atoms with Crippen LogP contribution < -0.4 is 9.47 Å². The number of carbonyl (C=O) groups excluding carboxylic acids is 2. The standard InChI is InChI=1S/C14H10ClNO5/c1-20-10-6-8(7-17)13(11(15)12(10)18)21-14(19)9-4-2-3-5-16-9/h2-7,18H,1H3. The summed E-state index contributed by atoms with van der Waals surface area (Å²) in [4.78, 5) is 26.8. The van der Waals surface area contributed by atoms with Gasteiger partial charge in [-0.3, -0.25) is 4.79 Å². The first kappa shape index (κ1) is 14.8. The second-order valence-corrected chi connectivity index (χ2v) is 4.26. The lowest BCUT2D eigenvalue weighted by molar-refractivity contribution is 0.0727. The monoisotopic (exact) mass is 307 g/mol. The highest BCUT2D eigenvalue weighted by Crippen LogP contribution is 2.42. The molecule has 0 aliphatic heterocycles. The minimum absolute atomic E-state index is 0.000245. The molecule has 0 radical (unpaired) electrons. The molecule has 1 heterocycles. The molecular weight excluding hydrogens is 298 g/mol. The van der Waals surface area contributed by atoms with E-state index in [0.717, 1.165) is 0 Å². The molecule has 2 rings (SSSR count). The fraction of sp³-hybridized carbons (Fsp3) is 0.0714. The van der Waals surface area contributed by atoms with Crippen LogP contribution in [0.25, 0.3) is 0 Å². The summed E-state index contributed by atoms with van der Waals surface area (Å²) < 4.78 is 9.92. The lowest BCUT2D eigenvalue weighted by atomic mass is 10.2. The van der Waals surface area contributed by atoms with E-state index in [1.165, 1.54) is 25.4 Å². The lowest BCUT2D eigenvalue weighted by Crippen LogP contribution is -2.12. The van der Waals surface area contributed by atoms with Crippen LogP contribution in [0.3, 0.4) is 0 Å². The van der Waals surface area contributed by atoms with Crippen LogP contribution in [-0.2, 0) is 0 Å². The molecule has 7 heteroatoms. The highest BCUT2D eigenvalue weighted by molar-refractivity contribution is 6.34. The van der Waals surface area contributed by atoms with Crippen LogP contribution in [0.2, 0.25) is 5.02 Å². The van der Waals surface area contributed by atoms with Gasteiger partial charge in [0.2, 0.25) is 0 Å². The molecule has 0 spiro atoms. The highest BCUT2D eigenvalue weighted by Gasteiger charge is 2.21. The van der Waals surface area contributed by atoms with Gasteiger partial charge in [-0.05, 0) is 18.2 Å². The normalized spacial score (nSPS) is 10.0. The topological polar surface area (TPSA) is 85.7 Å². The maximum atomic E-state index is 11.9. The van der Waals surface area contributed by atoms with Crippen molar-refractivity contribution in [2.45, 2.75) is 0 Å². The van der Waals surface area contributed by atoms with Crippen LogP contribution in [-0.4, -0.2) is 29.5 Å². The molecule has 108 valence electrons. The van der Waals surface area contributed by atoms with E-state index in [0.29, 0.717) is 6.29 Å². The number of hydrogen-bond acceptors (Lipinski definition) is 6. The van der Waals surface area contributed by atoms with Gasteiger partial charge >= 0.3 is 5.97 Å². The summed E-state index contributed by atoms with van der Waals surface area (Å²) in [5.74, 6) is -1.47. The third-order valence-electron chi connectivity index (χ3n) is 2.61. The van der Waals surface area contributed by atoms with Crippen LogP contribution in [0.1, 0.15) is 20.8 Å². The number of phenols is 1. The van der Waals surface area contributed by atoms with Crippen molar-refractivity contribution in [3.63, 3.8) is 0 Å². The summed E-state index contributed by atoms with van der Waals surface area (Å²) in [6.45, 7) is 0. The number of esters is 1. The van der Waals surface area contributed by atoms with E-state index in [-0.39, 0.29) is 27.8 Å². The third-order valence-corrected chi connectivity index (χ3v) is 2.96. The summed E-state index contributed by atoms with van der Waals surface area (Å²) in [6, 6.07) is 5.91. The van der Waals surface area contributed by atoms with Crippen LogP contribution in [0.15, 0.2) is 30.5 Å². The zero-order chi connectivity index (χ0) is 15.4. The number of aldehydes is 1. The number of rotatable bonds is 4. The van der Waals surface area contributed by atoms with Gasteiger partial charge in [-0.25, -0.2) is 9.78 Å². The molecule has 1 aromatic carbocycles. The van der Waals surface area contributed by atoms with Gasteiger partial charge in [0.25, 0.3) is 0 Å². The number of halogens is 1. The lowest BCUT2D eigenvalue weighted by Gasteiger charge is -2.12. The molecule has 0 amide bonds. The van der Waals surface area contributed by atoms with Gasteiger partial charge < -0.3 is 14.6 Å². The number of aromatic hydroxyl groups is 1. The Bertz CT molecular complexity index is 688. The van der Waals surface area contributed by atoms with Crippen molar-refractivity contribution >= 4 is 23.9 Å². The Labute approximate surface area is 124 Å². The van der Waals surface area contributed by atoms with E-state index in [1.807, 2.05) is 0 Å². The number of nitrogens with zero attached hydrogens (tertiary/aromatic N) is 1. The maximum absolute atomic E-state index is 11.9. The quantitative estimate of drug-likeness (QED) is 0.530. The fourth-order valence-electron chi connectivity index (χ4n) is 1.59. The van der Waals surface area contributed by atoms with Crippen molar-refractivity contribution in [3.8, 4) is 17.2 Å². The first-order chi connectivity index (χ1) is 10.1. The molecular formula is C14H10ClNO5. The Morgan fingerprint density at radius 2 is 2.19 bits per heavy atom. The largest absolute Gasteiger partial charge is 0.503 e. The Balaban J connectivity index is 2.42. The van der Waals surface area contributed by atoms with Crippen LogP contribution in [0.5, 0.6) is 17.2 Å². The number of phenolic OH excluding ortho intramolecular Hbond substituents is 1. The SMILES string of the molecule is COc1cc(C=O)c(OC(=O)c2ccccn2)c(Cl)c1O. The van der Waals surface area contributed by atoms with Crippen molar-refractivity contribution in [1.29, 1.82) is 0 Å². The summed E-state index contributed by atoms with van der Waals surface area (Å²) in [5.41, 5.74) is 0.0136. The Hall–Kier alpha value is -2.60. The number of ether oxygens (including phenoxy) is 2. The van der Waals surface area contributed by atoms with Gasteiger partial charge in [0.15, 0.2) is 23.5 Å². The molecule has 0 aliphatic carbocycles. The predicted octanol–water partition coefficient (Wildman–Crippen LogP) is 2.48. The molecule has 0 aliphatic rings. The van der Waals surface area contributed by atoms with E-state index in [2.05, 4.69) is 4.98 Å². The Morgan fingerprint density at radius 1 is 1.43 bits per heavy atom. The van der Waals surface area contributed by atoms with Gasteiger partial charge in [0, 0.05) is 6.20 Å². The summed E-state index contributed by atoms with van der Waals surface area (Å²) >= 11 is 5.91. The Kier molecular flexibility index (Phi) is 4.39. The van der Waals surface area contributed by atoms with Gasteiger partial charge in [0.05, 0.1) is 12.7 Å². The summed E-state index contributed by atoms with van der Waals surface area (Å²) in [7, 11) is 1.31. The number of benzene rings is 1. The zero-order valence-corrected chi connectivity index (χ0v) is 11.6. The first-order valence-electron chi connectivity index (χ1n) is 5.76. The zero-order valence-electron chi connectivity index (χ0n) is 10.9. The number of methoxy groups -OCH3 is 1. The van der Waals surface area contributed by atoms with Crippen molar-refractivity contribution in [3.05, 3.63) is 46.7 Å². The van der Waals surface area contributed by atoms with E-state index >= 15 is 0 Å².